The van der Waals surface area contributed by atoms with Crippen molar-refractivity contribution >= 4 is 0 Å². The molecular weight excluding hydrogens is 422 g/mol. The topological polar surface area (TPSA) is 18.5 Å². The standard InChI is InChI=1S/C23H32F6O2/c1-5-16(2)17-11-13-19(14-12-17)21(22(24,25)26,23(27,28)29)31-15-30-20(3,4)18-9-7-6-8-10-18/h11-14,16,18H,5-10,15H2,1-4H3. The minimum atomic E-state index is -5.72. The second kappa shape index (κ2) is 9.69. The summed E-state index contributed by atoms with van der Waals surface area (Å²) in [7, 11) is 0. The van der Waals surface area contributed by atoms with Gasteiger partial charge in [0.05, 0.1) is 5.60 Å². The van der Waals surface area contributed by atoms with Crippen molar-refractivity contribution in [2.24, 2.45) is 5.92 Å². The van der Waals surface area contributed by atoms with Crippen LogP contribution in [-0.2, 0) is 15.1 Å². The first-order valence-corrected chi connectivity index (χ1v) is 10.8. The van der Waals surface area contributed by atoms with Gasteiger partial charge in [-0.15, -0.1) is 0 Å². The lowest BCUT2D eigenvalue weighted by Crippen LogP contribution is -2.56. The zero-order chi connectivity index (χ0) is 23.5. The zero-order valence-corrected chi connectivity index (χ0v) is 18.5. The summed E-state index contributed by atoms with van der Waals surface area (Å²) in [4.78, 5) is 0. The molecule has 2 rings (SSSR count). The highest BCUT2D eigenvalue weighted by atomic mass is 19.4. The van der Waals surface area contributed by atoms with Crippen molar-refractivity contribution < 1.29 is 35.8 Å². The Morgan fingerprint density at radius 2 is 1.39 bits per heavy atom. The lowest BCUT2D eigenvalue weighted by Gasteiger charge is -2.40. The molecule has 8 heteroatoms. The summed E-state index contributed by atoms with van der Waals surface area (Å²) in [6.07, 6.45) is -6.07. The minimum Gasteiger partial charge on any atom is -0.349 e. The quantitative estimate of drug-likeness (QED) is 0.294. The monoisotopic (exact) mass is 454 g/mol. The van der Waals surface area contributed by atoms with Crippen LogP contribution in [0.2, 0.25) is 0 Å². The maximum atomic E-state index is 14.0. The first-order chi connectivity index (χ1) is 14.3. The van der Waals surface area contributed by atoms with Gasteiger partial charge in [0.25, 0.3) is 5.60 Å². The van der Waals surface area contributed by atoms with Crippen molar-refractivity contribution in [3.63, 3.8) is 0 Å². The number of hydrogen-bond acceptors (Lipinski definition) is 2. The van der Waals surface area contributed by atoms with Crippen LogP contribution in [0.15, 0.2) is 24.3 Å². The van der Waals surface area contributed by atoms with Gasteiger partial charge in [0.1, 0.15) is 6.79 Å². The number of ether oxygens (including phenoxy) is 2. The van der Waals surface area contributed by atoms with Gasteiger partial charge in [-0.3, -0.25) is 0 Å². The molecule has 31 heavy (non-hydrogen) atoms. The molecule has 0 saturated heterocycles. The molecule has 0 heterocycles. The molecule has 1 saturated carbocycles. The van der Waals surface area contributed by atoms with E-state index in [1.54, 1.807) is 13.8 Å². The van der Waals surface area contributed by atoms with E-state index in [2.05, 4.69) is 4.74 Å². The Balaban J connectivity index is 2.32. The Kier molecular flexibility index (Phi) is 8.12. The van der Waals surface area contributed by atoms with Crippen LogP contribution in [-0.4, -0.2) is 24.7 Å². The van der Waals surface area contributed by atoms with E-state index in [1.807, 2.05) is 13.8 Å². The average Bonchev–Trinajstić information content (AvgIpc) is 2.69. The molecule has 2 nitrogen and oxygen atoms in total. The van der Waals surface area contributed by atoms with Gasteiger partial charge in [0, 0.05) is 5.56 Å². The third-order valence-corrected chi connectivity index (χ3v) is 6.59. The van der Waals surface area contributed by atoms with E-state index in [0.717, 1.165) is 44.2 Å². The molecule has 1 aliphatic carbocycles. The summed E-state index contributed by atoms with van der Waals surface area (Å²) in [5.41, 5.74) is -5.68. The number of alkyl halides is 6. The molecule has 0 N–H and O–H groups in total. The molecule has 1 aliphatic rings. The van der Waals surface area contributed by atoms with Gasteiger partial charge in [-0.1, -0.05) is 57.4 Å². The molecule has 0 amide bonds. The van der Waals surface area contributed by atoms with Crippen LogP contribution in [0.25, 0.3) is 0 Å². The smallest absolute Gasteiger partial charge is 0.349 e. The third kappa shape index (κ3) is 5.56. The van der Waals surface area contributed by atoms with E-state index in [4.69, 9.17) is 4.74 Å². The van der Waals surface area contributed by atoms with Crippen LogP contribution in [0.4, 0.5) is 26.3 Å². The highest BCUT2D eigenvalue weighted by Crippen LogP contribution is 2.53. The van der Waals surface area contributed by atoms with Crippen molar-refractivity contribution in [2.75, 3.05) is 6.79 Å². The van der Waals surface area contributed by atoms with E-state index >= 15 is 0 Å². The number of benzene rings is 1. The van der Waals surface area contributed by atoms with Crippen LogP contribution in [0, 0.1) is 5.92 Å². The van der Waals surface area contributed by atoms with Crippen LogP contribution in [0.3, 0.4) is 0 Å². The van der Waals surface area contributed by atoms with E-state index < -0.39 is 35.9 Å². The predicted octanol–water partition coefficient (Wildman–Crippen LogP) is 7.87. The molecule has 0 aromatic heterocycles. The molecule has 0 radical (unpaired) electrons. The Morgan fingerprint density at radius 3 is 1.84 bits per heavy atom. The highest BCUT2D eigenvalue weighted by Gasteiger charge is 2.73. The van der Waals surface area contributed by atoms with Crippen LogP contribution < -0.4 is 0 Å². The van der Waals surface area contributed by atoms with Gasteiger partial charge in [0.15, 0.2) is 0 Å². The fourth-order valence-electron chi connectivity index (χ4n) is 4.20. The van der Waals surface area contributed by atoms with Gasteiger partial charge < -0.3 is 9.47 Å². The minimum absolute atomic E-state index is 0.0146. The Morgan fingerprint density at radius 1 is 0.871 bits per heavy atom. The lowest BCUT2D eigenvalue weighted by atomic mass is 9.79. The number of hydrogen-bond donors (Lipinski definition) is 0. The van der Waals surface area contributed by atoms with Crippen molar-refractivity contribution in [3.8, 4) is 0 Å². The second-order valence-corrected chi connectivity index (χ2v) is 8.95. The summed E-state index contributed by atoms with van der Waals surface area (Å²) in [6.45, 7) is 6.01. The molecule has 1 atom stereocenters. The second-order valence-electron chi connectivity index (χ2n) is 8.95. The van der Waals surface area contributed by atoms with Gasteiger partial charge in [-0.05, 0) is 50.5 Å². The summed E-state index contributed by atoms with van der Waals surface area (Å²) in [5.74, 6) is 0.0756. The molecule has 1 aromatic carbocycles. The van der Waals surface area contributed by atoms with E-state index in [9.17, 15) is 26.3 Å². The molecule has 0 bridgehead atoms. The first kappa shape index (κ1) is 26.0. The number of halogens is 6. The van der Waals surface area contributed by atoms with Gasteiger partial charge >= 0.3 is 12.4 Å². The molecule has 178 valence electrons. The molecule has 1 fully saturated rings. The average molecular weight is 454 g/mol. The van der Waals surface area contributed by atoms with E-state index in [1.165, 1.54) is 12.1 Å². The fourth-order valence-corrected chi connectivity index (χ4v) is 4.20. The predicted molar refractivity (Wildman–Crippen MR) is 107 cm³/mol. The van der Waals surface area contributed by atoms with Crippen molar-refractivity contribution in [2.45, 2.75) is 95.7 Å². The van der Waals surface area contributed by atoms with Gasteiger partial charge in [-0.2, -0.15) is 26.3 Å². The normalized spacial score (nSPS) is 18.3. The molecule has 1 aromatic rings. The fraction of sp³-hybridized carbons (Fsp3) is 0.739. The maximum absolute atomic E-state index is 14.0. The van der Waals surface area contributed by atoms with Crippen LogP contribution >= 0.6 is 0 Å². The Bertz CT molecular complexity index is 674. The Labute approximate surface area is 180 Å². The zero-order valence-electron chi connectivity index (χ0n) is 18.5. The van der Waals surface area contributed by atoms with Crippen LogP contribution in [0.1, 0.15) is 83.3 Å². The first-order valence-electron chi connectivity index (χ1n) is 10.8. The summed E-state index contributed by atoms with van der Waals surface area (Å²) in [5, 5.41) is 0. The summed E-state index contributed by atoms with van der Waals surface area (Å²) < 4.78 is 93.9. The third-order valence-electron chi connectivity index (χ3n) is 6.59. The van der Waals surface area contributed by atoms with Gasteiger partial charge in [0.2, 0.25) is 0 Å². The van der Waals surface area contributed by atoms with Gasteiger partial charge in [-0.25, -0.2) is 0 Å². The largest absolute Gasteiger partial charge is 0.430 e. The Hall–Kier alpha value is -1.28. The molecule has 0 spiro atoms. The number of rotatable bonds is 8. The van der Waals surface area contributed by atoms with Crippen molar-refractivity contribution in [1.29, 1.82) is 0 Å². The molecule has 1 unspecified atom stereocenters. The van der Waals surface area contributed by atoms with Crippen LogP contribution in [0.5, 0.6) is 0 Å². The SMILES string of the molecule is CCC(C)c1ccc(C(OCOC(C)(C)C2CCCCC2)(C(F)(F)F)C(F)(F)F)cc1. The molecule has 0 aliphatic heterocycles. The summed E-state index contributed by atoms with van der Waals surface area (Å²) >= 11 is 0. The van der Waals surface area contributed by atoms with Crippen molar-refractivity contribution in [3.05, 3.63) is 35.4 Å². The van der Waals surface area contributed by atoms with Crippen molar-refractivity contribution in [1.82, 2.24) is 0 Å². The molecular formula is C23H32F6O2. The summed E-state index contributed by atoms with van der Waals surface area (Å²) in [6, 6.07) is 4.31. The lowest BCUT2D eigenvalue weighted by molar-refractivity contribution is -0.406. The van der Waals surface area contributed by atoms with E-state index in [-0.39, 0.29) is 11.8 Å². The highest BCUT2D eigenvalue weighted by molar-refractivity contribution is 5.32. The van der Waals surface area contributed by atoms with E-state index in [0.29, 0.717) is 12.0 Å². The maximum Gasteiger partial charge on any atom is 0.430 e.